The molecule has 0 saturated heterocycles. The van der Waals surface area contributed by atoms with Gasteiger partial charge in [0.15, 0.2) is 5.16 Å². The summed E-state index contributed by atoms with van der Waals surface area (Å²) in [5.41, 5.74) is 1.38. The minimum absolute atomic E-state index is 0.0776. The molecule has 2 rings (SSSR count). The van der Waals surface area contributed by atoms with Gasteiger partial charge in [-0.2, -0.15) is 0 Å². The van der Waals surface area contributed by atoms with Crippen molar-refractivity contribution in [3.05, 3.63) is 42.0 Å². The Morgan fingerprint density at radius 3 is 3.00 bits per heavy atom. The van der Waals surface area contributed by atoms with E-state index in [-0.39, 0.29) is 11.6 Å². The zero-order valence-corrected chi connectivity index (χ0v) is 10.4. The molecule has 0 unspecified atom stereocenters. The van der Waals surface area contributed by atoms with Crippen LogP contribution >= 0.6 is 11.8 Å². The average Bonchev–Trinajstić information content (AvgIpc) is 2.68. The molecule has 18 heavy (non-hydrogen) atoms. The predicted octanol–water partition coefficient (Wildman–Crippen LogP) is 2.50. The largest absolute Gasteiger partial charge is 0.481 e. The Balaban J connectivity index is 2.35. The highest BCUT2D eigenvalue weighted by Gasteiger charge is 2.10. The maximum absolute atomic E-state index is 13.2. The Morgan fingerprint density at radius 2 is 2.33 bits per heavy atom. The van der Waals surface area contributed by atoms with Gasteiger partial charge in [-0.1, -0.05) is 17.8 Å². The Labute approximate surface area is 107 Å². The van der Waals surface area contributed by atoms with Gasteiger partial charge in [-0.05, 0) is 25.1 Å². The molecule has 1 heterocycles. The number of hydrogen-bond acceptors (Lipinski definition) is 3. The first-order chi connectivity index (χ1) is 8.56. The molecule has 0 fully saturated rings. The topological polar surface area (TPSA) is 55.1 Å². The number of aryl methyl sites for hydroxylation is 1. The fourth-order valence-corrected chi connectivity index (χ4v) is 2.27. The second kappa shape index (κ2) is 5.22. The van der Waals surface area contributed by atoms with Crippen molar-refractivity contribution >= 4 is 17.7 Å². The van der Waals surface area contributed by atoms with Crippen molar-refractivity contribution < 1.29 is 14.3 Å². The molecular weight excluding hydrogens is 255 g/mol. The Morgan fingerprint density at radius 1 is 1.56 bits per heavy atom. The molecule has 0 radical (unpaired) electrons. The van der Waals surface area contributed by atoms with Crippen LogP contribution in [0.2, 0.25) is 0 Å². The number of halogens is 1. The van der Waals surface area contributed by atoms with Crippen molar-refractivity contribution in [3.8, 4) is 5.69 Å². The summed E-state index contributed by atoms with van der Waals surface area (Å²) >= 11 is 1.11. The fraction of sp³-hybridized carbons (Fsp3) is 0.167. The number of hydrogen-bond donors (Lipinski definition) is 1. The number of benzene rings is 1. The lowest BCUT2D eigenvalue weighted by molar-refractivity contribution is -0.133. The molecular formula is C12H11FN2O2S. The van der Waals surface area contributed by atoms with E-state index >= 15 is 0 Å². The molecule has 4 nitrogen and oxygen atoms in total. The quantitative estimate of drug-likeness (QED) is 0.864. The third kappa shape index (κ3) is 2.89. The van der Waals surface area contributed by atoms with E-state index in [0.717, 1.165) is 17.5 Å². The summed E-state index contributed by atoms with van der Waals surface area (Å²) in [6.07, 6.45) is 1.75. The normalized spacial score (nSPS) is 10.6. The summed E-state index contributed by atoms with van der Waals surface area (Å²) in [5, 5.41) is 9.21. The maximum Gasteiger partial charge on any atom is 0.313 e. The van der Waals surface area contributed by atoms with E-state index in [1.54, 1.807) is 29.8 Å². The van der Waals surface area contributed by atoms with Gasteiger partial charge in [0.05, 0.1) is 17.1 Å². The SMILES string of the molecule is Cc1cn(-c2cccc(F)c2)c(SCC(=O)O)n1. The molecule has 6 heteroatoms. The standard InChI is InChI=1S/C12H11FN2O2S/c1-8-6-15(10-4-2-3-9(13)5-10)12(14-8)18-7-11(16)17/h2-6H,7H2,1H3,(H,16,17). The Hall–Kier alpha value is -1.82. The smallest absolute Gasteiger partial charge is 0.313 e. The highest BCUT2D eigenvalue weighted by Crippen LogP contribution is 2.22. The summed E-state index contributed by atoms with van der Waals surface area (Å²) in [7, 11) is 0. The monoisotopic (exact) mass is 266 g/mol. The number of imidazole rings is 1. The molecule has 0 aliphatic rings. The van der Waals surface area contributed by atoms with Crippen LogP contribution in [0.4, 0.5) is 4.39 Å². The first-order valence-corrected chi connectivity index (χ1v) is 6.21. The van der Waals surface area contributed by atoms with Crippen molar-refractivity contribution in [2.45, 2.75) is 12.1 Å². The molecule has 1 N–H and O–H groups in total. The Bertz CT molecular complexity index is 583. The number of carboxylic acid groups (broad SMARTS) is 1. The van der Waals surface area contributed by atoms with Crippen LogP contribution in [0.1, 0.15) is 5.69 Å². The van der Waals surface area contributed by atoms with Crippen molar-refractivity contribution in [1.29, 1.82) is 0 Å². The second-order valence-electron chi connectivity index (χ2n) is 3.70. The minimum atomic E-state index is -0.911. The van der Waals surface area contributed by atoms with E-state index in [0.29, 0.717) is 10.8 Å². The van der Waals surface area contributed by atoms with E-state index in [9.17, 15) is 9.18 Å². The molecule has 0 amide bonds. The summed E-state index contributed by atoms with van der Waals surface area (Å²) in [4.78, 5) is 14.8. The van der Waals surface area contributed by atoms with Gasteiger partial charge in [0.1, 0.15) is 5.82 Å². The van der Waals surface area contributed by atoms with Gasteiger partial charge >= 0.3 is 5.97 Å². The van der Waals surface area contributed by atoms with E-state index in [1.807, 2.05) is 0 Å². The van der Waals surface area contributed by atoms with Gasteiger partial charge in [0.25, 0.3) is 0 Å². The van der Waals surface area contributed by atoms with Gasteiger partial charge in [0, 0.05) is 6.20 Å². The molecule has 2 aromatic rings. The molecule has 0 saturated carbocycles. The van der Waals surface area contributed by atoms with Crippen LogP contribution in [0.15, 0.2) is 35.6 Å². The molecule has 0 aliphatic carbocycles. The Kier molecular flexibility index (Phi) is 3.66. The number of nitrogens with zero attached hydrogens (tertiary/aromatic N) is 2. The molecule has 1 aromatic carbocycles. The number of carbonyl (C=O) groups is 1. The molecule has 0 atom stereocenters. The molecule has 94 valence electrons. The highest BCUT2D eigenvalue weighted by atomic mass is 32.2. The van der Waals surface area contributed by atoms with E-state index in [1.165, 1.54) is 12.1 Å². The highest BCUT2D eigenvalue weighted by molar-refractivity contribution is 7.99. The van der Waals surface area contributed by atoms with Gasteiger partial charge in [-0.15, -0.1) is 0 Å². The zero-order chi connectivity index (χ0) is 13.1. The number of aliphatic carboxylic acids is 1. The third-order valence-electron chi connectivity index (χ3n) is 2.21. The summed E-state index contributed by atoms with van der Waals surface area (Å²) in [5.74, 6) is -1.33. The lowest BCUT2D eigenvalue weighted by atomic mass is 10.3. The van der Waals surface area contributed by atoms with Gasteiger partial charge in [-0.3, -0.25) is 9.36 Å². The first-order valence-electron chi connectivity index (χ1n) is 5.23. The molecule has 0 spiro atoms. The van der Waals surface area contributed by atoms with Crippen LogP contribution < -0.4 is 0 Å². The van der Waals surface area contributed by atoms with Crippen molar-refractivity contribution in [2.75, 3.05) is 5.75 Å². The maximum atomic E-state index is 13.2. The van der Waals surface area contributed by atoms with Crippen LogP contribution in [-0.2, 0) is 4.79 Å². The number of aromatic nitrogens is 2. The van der Waals surface area contributed by atoms with Crippen LogP contribution in [0.3, 0.4) is 0 Å². The zero-order valence-electron chi connectivity index (χ0n) is 9.63. The van der Waals surface area contributed by atoms with Gasteiger partial charge in [-0.25, -0.2) is 9.37 Å². The van der Waals surface area contributed by atoms with Crippen LogP contribution in [-0.4, -0.2) is 26.4 Å². The van der Waals surface area contributed by atoms with Crippen LogP contribution in [0, 0.1) is 12.7 Å². The van der Waals surface area contributed by atoms with Gasteiger partial charge in [0.2, 0.25) is 0 Å². The van der Waals surface area contributed by atoms with Crippen LogP contribution in [0.25, 0.3) is 5.69 Å². The lowest BCUT2D eigenvalue weighted by Crippen LogP contribution is -2.01. The van der Waals surface area contributed by atoms with E-state index < -0.39 is 5.97 Å². The number of carboxylic acids is 1. The van der Waals surface area contributed by atoms with Crippen molar-refractivity contribution in [2.24, 2.45) is 0 Å². The van der Waals surface area contributed by atoms with Crippen molar-refractivity contribution in [1.82, 2.24) is 9.55 Å². The summed E-state index contributed by atoms with van der Waals surface area (Å²) < 4.78 is 14.9. The fourth-order valence-electron chi connectivity index (χ4n) is 1.51. The third-order valence-corrected chi connectivity index (χ3v) is 3.14. The number of thioether (sulfide) groups is 1. The minimum Gasteiger partial charge on any atom is -0.481 e. The molecule has 0 aliphatic heterocycles. The summed E-state index contributed by atoms with van der Waals surface area (Å²) in [6, 6.07) is 6.09. The lowest BCUT2D eigenvalue weighted by Gasteiger charge is -2.06. The van der Waals surface area contributed by atoms with Gasteiger partial charge < -0.3 is 5.11 Å². The second-order valence-corrected chi connectivity index (χ2v) is 4.64. The van der Waals surface area contributed by atoms with E-state index in [2.05, 4.69) is 4.98 Å². The number of rotatable bonds is 4. The van der Waals surface area contributed by atoms with Crippen LogP contribution in [0.5, 0.6) is 0 Å². The summed E-state index contributed by atoms with van der Waals surface area (Å²) in [6.45, 7) is 1.81. The van der Waals surface area contributed by atoms with Crippen molar-refractivity contribution in [3.63, 3.8) is 0 Å². The van der Waals surface area contributed by atoms with E-state index in [4.69, 9.17) is 5.11 Å². The average molecular weight is 266 g/mol. The predicted molar refractivity (Wildman–Crippen MR) is 66.6 cm³/mol. The first kappa shape index (κ1) is 12.6. The molecule has 0 bridgehead atoms. The molecule has 1 aromatic heterocycles.